The summed E-state index contributed by atoms with van der Waals surface area (Å²) in [6.45, 7) is 8.15. The number of aromatic amines is 1. The Kier molecular flexibility index (Phi) is 11.0. The maximum absolute atomic E-state index is 12.9. The fourth-order valence-electron chi connectivity index (χ4n) is 5.01. The molecule has 5 rings (SSSR count). The van der Waals surface area contributed by atoms with Crippen molar-refractivity contribution in [1.82, 2.24) is 24.2 Å². The molecule has 2 N–H and O–H groups in total. The number of carbonyl (C=O) groups is 2. The molecule has 15 nitrogen and oxygen atoms in total. The summed E-state index contributed by atoms with van der Waals surface area (Å²) in [6.07, 6.45) is 0.515. The molecule has 1 aromatic carbocycles. The number of ether oxygens (including phenoxy) is 3. The Bertz CT molecular complexity index is 1600. The average molecular weight is 656 g/mol. The molecule has 1 aliphatic carbocycles. The lowest BCUT2D eigenvalue weighted by atomic mass is 10.2. The first-order valence-corrected chi connectivity index (χ1v) is 16.3. The van der Waals surface area contributed by atoms with E-state index in [2.05, 4.69) is 31.0 Å². The molecule has 246 valence electrons. The van der Waals surface area contributed by atoms with Crippen LogP contribution in [0.25, 0.3) is 11.2 Å². The molecule has 1 aliphatic heterocycles. The van der Waals surface area contributed by atoms with Gasteiger partial charge in [0.15, 0.2) is 11.2 Å². The van der Waals surface area contributed by atoms with E-state index in [1.54, 1.807) is 34.9 Å². The van der Waals surface area contributed by atoms with Crippen molar-refractivity contribution in [3.63, 3.8) is 0 Å². The number of nitriles is 1. The normalized spacial score (nSPS) is 20.3. The summed E-state index contributed by atoms with van der Waals surface area (Å²) in [5.41, 5.74) is 0.0919. The van der Waals surface area contributed by atoms with E-state index in [4.69, 9.17) is 28.5 Å². The molecule has 1 saturated carbocycles. The van der Waals surface area contributed by atoms with Gasteiger partial charge in [0.2, 0.25) is 5.95 Å². The van der Waals surface area contributed by atoms with Gasteiger partial charge >= 0.3 is 6.16 Å². The van der Waals surface area contributed by atoms with Crippen LogP contribution < -0.4 is 10.9 Å². The number of amides is 1. The maximum Gasteiger partial charge on any atom is 0.508 e. The van der Waals surface area contributed by atoms with E-state index in [0.29, 0.717) is 5.56 Å². The summed E-state index contributed by atoms with van der Waals surface area (Å²) in [5, 5.41) is 11.7. The Labute approximate surface area is 267 Å². The van der Waals surface area contributed by atoms with Crippen molar-refractivity contribution in [3.8, 4) is 6.07 Å². The van der Waals surface area contributed by atoms with Crippen molar-refractivity contribution < 1.29 is 32.8 Å². The smallest absolute Gasteiger partial charge is 0.431 e. The van der Waals surface area contributed by atoms with Crippen LogP contribution in [0.2, 0.25) is 0 Å². The molecule has 1 saturated heterocycles. The molecule has 0 radical (unpaired) electrons. The van der Waals surface area contributed by atoms with Crippen LogP contribution in [0.15, 0.2) is 41.5 Å². The summed E-state index contributed by atoms with van der Waals surface area (Å²) in [5.74, 6) is -0.500. The number of nitrogens with one attached hydrogen (secondary N) is 2. The Morgan fingerprint density at radius 2 is 1.96 bits per heavy atom. The van der Waals surface area contributed by atoms with Gasteiger partial charge in [-0.1, -0.05) is 18.2 Å². The predicted molar refractivity (Wildman–Crippen MR) is 167 cm³/mol. The van der Waals surface area contributed by atoms with Gasteiger partial charge in [-0.3, -0.25) is 24.5 Å². The molecule has 1 unspecified atom stereocenters. The van der Waals surface area contributed by atoms with Gasteiger partial charge in [0, 0.05) is 24.1 Å². The monoisotopic (exact) mass is 655 g/mol. The van der Waals surface area contributed by atoms with Gasteiger partial charge in [-0.25, -0.2) is 14.4 Å². The van der Waals surface area contributed by atoms with Gasteiger partial charge in [-0.15, -0.1) is 0 Å². The van der Waals surface area contributed by atoms with Gasteiger partial charge < -0.3 is 23.3 Å². The van der Waals surface area contributed by atoms with E-state index in [1.807, 2.05) is 27.7 Å². The molecular formula is C30H38N7O8P. The highest BCUT2D eigenvalue weighted by molar-refractivity contribution is 7.44. The minimum atomic E-state index is -1.65. The zero-order valence-electron chi connectivity index (χ0n) is 26.1. The Morgan fingerprint density at radius 3 is 2.63 bits per heavy atom. The molecule has 16 heteroatoms. The fourth-order valence-corrected chi connectivity index (χ4v) is 6.77. The highest BCUT2D eigenvalue weighted by Gasteiger charge is 2.43. The zero-order valence-corrected chi connectivity index (χ0v) is 27.0. The number of rotatable bonds is 14. The summed E-state index contributed by atoms with van der Waals surface area (Å²) in [7, 11) is -1.65. The Hall–Kier alpha value is -3.93. The number of imidazole rings is 1. The lowest BCUT2D eigenvalue weighted by molar-refractivity contribution is -0.0555. The van der Waals surface area contributed by atoms with Crippen molar-refractivity contribution in [2.75, 3.05) is 18.5 Å². The molecule has 0 bridgehead atoms. The standard InChI is InChI=1S/C30H38N7O8P/c1-18(2)37(19(3)4)46(42-14-8-13-31)45-22-15-24(44-23(22)16-41-30(40)43-21-11-12-21)36-17-32-25-26(36)33-29(35-28(25)39)34-27(38)20-9-6-5-7-10-20/h5-7,9-10,17-19,21-24H,8,11-12,14-16H2,1-4H3,(H2,33,34,35,38,39)/t22-,23+,24+,46?/m0/s1. The molecule has 4 atom stereocenters. The number of anilines is 1. The van der Waals surface area contributed by atoms with Gasteiger partial charge in [-0.2, -0.15) is 10.2 Å². The van der Waals surface area contributed by atoms with E-state index in [-0.39, 0.29) is 61.4 Å². The minimum absolute atomic E-state index is 0.0550. The van der Waals surface area contributed by atoms with E-state index in [9.17, 15) is 14.4 Å². The molecular weight excluding hydrogens is 617 g/mol. The van der Waals surface area contributed by atoms with Crippen LogP contribution in [0.3, 0.4) is 0 Å². The van der Waals surface area contributed by atoms with E-state index < -0.39 is 44.6 Å². The van der Waals surface area contributed by atoms with E-state index in [1.165, 1.54) is 6.33 Å². The maximum atomic E-state index is 12.9. The first-order valence-electron chi connectivity index (χ1n) is 15.2. The average Bonchev–Trinajstić information content (AvgIpc) is 3.58. The Balaban J connectivity index is 1.40. The second-order valence-corrected chi connectivity index (χ2v) is 12.9. The van der Waals surface area contributed by atoms with Crippen LogP contribution in [0.5, 0.6) is 0 Å². The van der Waals surface area contributed by atoms with E-state index in [0.717, 1.165) is 12.8 Å². The van der Waals surface area contributed by atoms with Crippen molar-refractivity contribution in [1.29, 1.82) is 5.26 Å². The molecule has 0 spiro atoms. The van der Waals surface area contributed by atoms with Crippen LogP contribution in [-0.2, 0) is 23.3 Å². The third kappa shape index (κ3) is 8.26. The van der Waals surface area contributed by atoms with Crippen molar-refractivity contribution in [3.05, 3.63) is 52.6 Å². The molecule has 2 aromatic heterocycles. The van der Waals surface area contributed by atoms with Gasteiger partial charge in [0.1, 0.15) is 25.0 Å². The van der Waals surface area contributed by atoms with Gasteiger partial charge in [0.05, 0.1) is 31.5 Å². The van der Waals surface area contributed by atoms with Crippen LogP contribution in [0, 0.1) is 11.3 Å². The largest absolute Gasteiger partial charge is 0.508 e. The molecule has 2 aliphatic rings. The first kappa shape index (κ1) is 33.4. The molecule has 46 heavy (non-hydrogen) atoms. The number of carbonyl (C=O) groups excluding carboxylic acids is 2. The zero-order chi connectivity index (χ0) is 32.8. The third-order valence-electron chi connectivity index (χ3n) is 7.23. The van der Waals surface area contributed by atoms with Crippen LogP contribution >= 0.6 is 8.53 Å². The summed E-state index contributed by atoms with van der Waals surface area (Å²) < 4.78 is 33.4. The summed E-state index contributed by atoms with van der Waals surface area (Å²) in [6, 6.07) is 10.8. The minimum Gasteiger partial charge on any atom is -0.431 e. The van der Waals surface area contributed by atoms with Gasteiger partial charge in [0.25, 0.3) is 20.0 Å². The van der Waals surface area contributed by atoms with Crippen LogP contribution in [0.1, 0.15) is 70.0 Å². The molecule has 1 amide bonds. The highest BCUT2D eigenvalue weighted by atomic mass is 31.2. The second kappa shape index (κ2) is 15.1. The summed E-state index contributed by atoms with van der Waals surface area (Å²) in [4.78, 5) is 49.2. The topological polar surface area (TPSA) is 183 Å². The first-order chi connectivity index (χ1) is 22.1. The molecule has 3 heterocycles. The van der Waals surface area contributed by atoms with Crippen LogP contribution in [0.4, 0.5) is 10.7 Å². The third-order valence-corrected chi connectivity index (χ3v) is 9.39. The van der Waals surface area contributed by atoms with Crippen molar-refractivity contribution in [2.24, 2.45) is 0 Å². The Morgan fingerprint density at radius 1 is 1.22 bits per heavy atom. The number of fused-ring (bicyclic) bond motifs is 1. The molecule has 3 aromatic rings. The predicted octanol–water partition coefficient (Wildman–Crippen LogP) is 4.64. The lowest BCUT2D eigenvalue weighted by Crippen LogP contribution is -2.37. The number of nitrogens with zero attached hydrogens (tertiary/aromatic N) is 5. The fraction of sp³-hybridized carbons (Fsp3) is 0.533. The SMILES string of the molecule is CC(C)N(C(C)C)P(OCCC#N)O[C@H]1C[C@H](n2cnc3c(=O)[nH]c(NC(=O)c4ccccc4)nc32)O[C@@H]1COC(=O)OC1CC1. The highest BCUT2D eigenvalue weighted by Crippen LogP contribution is 2.50. The molecule has 2 fully saturated rings. The van der Waals surface area contributed by atoms with Crippen LogP contribution in [-0.4, -0.2) is 79.9 Å². The number of hydrogen-bond donors (Lipinski definition) is 2. The van der Waals surface area contributed by atoms with Crippen molar-refractivity contribution >= 4 is 37.7 Å². The van der Waals surface area contributed by atoms with Gasteiger partial charge in [-0.05, 0) is 52.7 Å². The van der Waals surface area contributed by atoms with Crippen molar-refractivity contribution in [2.45, 2.75) is 90.0 Å². The number of H-pyrrole nitrogens is 1. The quantitative estimate of drug-likeness (QED) is 0.140. The summed E-state index contributed by atoms with van der Waals surface area (Å²) >= 11 is 0. The number of aromatic nitrogens is 4. The lowest BCUT2D eigenvalue weighted by Gasteiger charge is -2.37. The number of benzene rings is 1. The number of hydrogen-bond acceptors (Lipinski definition) is 12. The second-order valence-electron chi connectivity index (χ2n) is 11.5. The van der Waals surface area contributed by atoms with E-state index >= 15 is 0 Å².